The summed E-state index contributed by atoms with van der Waals surface area (Å²) >= 11 is 0. The van der Waals surface area contributed by atoms with E-state index in [1.807, 2.05) is 65.9 Å². The number of hydrogen-bond acceptors (Lipinski definition) is 5. The molecule has 2 aromatic carbocycles. The number of rotatable bonds is 3. The highest BCUT2D eigenvalue weighted by atomic mass is 32.2. The maximum Gasteiger partial charge on any atom is 0.253 e. The van der Waals surface area contributed by atoms with Gasteiger partial charge in [-0.3, -0.25) is 9.48 Å². The van der Waals surface area contributed by atoms with Crippen molar-refractivity contribution in [2.24, 2.45) is 0 Å². The third kappa shape index (κ3) is 3.77. The molecule has 0 aliphatic carbocycles. The molecule has 32 heavy (non-hydrogen) atoms. The van der Waals surface area contributed by atoms with Crippen LogP contribution in [0.2, 0.25) is 0 Å². The van der Waals surface area contributed by atoms with Crippen LogP contribution >= 0.6 is 0 Å². The fraction of sp³-hybridized carbons (Fsp3) is 0.417. The van der Waals surface area contributed by atoms with Gasteiger partial charge in [-0.15, -0.1) is 0 Å². The Morgan fingerprint density at radius 2 is 1.72 bits per heavy atom. The molecule has 2 fully saturated rings. The molecule has 0 bridgehead atoms. The first-order chi connectivity index (χ1) is 15.3. The number of hydrogen-bond donors (Lipinski definition) is 0. The fourth-order valence-corrected chi connectivity index (χ4v) is 6.77. The van der Waals surface area contributed by atoms with E-state index in [-0.39, 0.29) is 23.5 Å². The van der Waals surface area contributed by atoms with Gasteiger partial charge < -0.3 is 9.80 Å². The number of carbonyl (C=O) groups excluding carboxylic acids is 1. The van der Waals surface area contributed by atoms with Crippen LogP contribution < -0.4 is 4.90 Å². The first kappa shape index (κ1) is 21.0. The smallest absolute Gasteiger partial charge is 0.253 e. The van der Waals surface area contributed by atoms with E-state index >= 15 is 0 Å². The third-order valence-corrected chi connectivity index (χ3v) is 8.47. The predicted octanol–water partition coefficient (Wildman–Crippen LogP) is 2.98. The van der Waals surface area contributed by atoms with Crippen LogP contribution in [0.4, 0.5) is 5.69 Å². The predicted molar refractivity (Wildman–Crippen MR) is 126 cm³/mol. The highest BCUT2D eigenvalue weighted by Gasteiger charge is 2.33. The van der Waals surface area contributed by atoms with E-state index < -0.39 is 9.84 Å². The number of fused-ring (bicyclic) bond motifs is 1. The zero-order valence-electron chi connectivity index (χ0n) is 18.5. The highest BCUT2D eigenvalue weighted by Crippen LogP contribution is 2.32. The molecule has 8 heteroatoms. The Bertz CT molecular complexity index is 1290. The van der Waals surface area contributed by atoms with Crippen LogP contribution in [0.5, 0.6) is 0 Å². The van der Waals surface area contributed by atoms with Crippen LogP contribution in [0.1, 0.15) is 34.2 Å². The molecule has 0 saturated carbocycles. The molecule has 3 aromatic rings. The second kappa shape index (κ2) is 7.92. The monoisotopic (exact) mass is 452 g/mol. The second-order valence-electron chi connectivity index (χ2n) is 8.86. The summed E-state index contributed by atoms with van der Waals surface area (Å²) in [6.07, 6.45) is 0.623. The van der Waals surface area contributed by atoms with Crippen molar-refractivity contribution in [2.45, 2.75) is 26.3 Å². The van der Waals surface area contributed by atoms with Gasteiger partial charge in [-0.2, -0.15) is 5.10 Å². The van der Waals surface area contributed by atoms with Gasteiger partial charge in [0.1, 0.15) is 0 Å². The van der Waals surface area contributed by atoms with Crippen molar-refractivity contribution >= 4 is 32.2 Å². The van der Waals surface area contributed by atoms with Crippen LogP contribution in [0, 0.1) is 13.8 Å². The second-order valence-corrected chi connectivity index (χ2v) is 11.1. The van der Waals surface area contributed by atoms with Crippen LogP contribution in [0.25, 0.3) is 10.8 Å². The average molecular weight is 453 g/mol. The van der Waals surface area contributed by atoms with Crippen LogP contribution in [-0.2, 0) is 9.84 Å². The van der Waals surface area contributed by atoms with Crippen molar-refractivity contribution in [1.82, 2.24) is 14.7 Å². The maximum atomic E-state index is 13.1. The van der Waals surface area contributed by atoms with Gasteiger partial charge >= 0.3 is 0 Å². The summed E-state index contributed by atoms with van der Waals surface area (Å²) in [4.78, 5) is 17.3. The number of amides is 1. The molecule has 2 aliphatic rings. The normalized spacial score (nSPS) is 20.8. The molecule has 168 valence electrons. The lowest BCUT2D eigenvalue weighted by Gasteiger charge is -2.36. The average Bonchev–Trinajstić information content (AvgIpc) is 3.30. The first-order valence-corrected chi connectivity index (χ1v) is 12.9. The van der Waals surface area contributed by atoms with E-state index in [4.69, 9.17) is 5.10 Å². The molecular weight excluding hydrogens is 424 g/mol. The molecule has 1 amide bonds. The first-order valence-electron chi connectivity index (χ1n) is 11.1. The van der Waals surface area contributed by atoms with E-state index in [2.05, 4.69) is 4.90 Å². The molecule has 1 atom stereocenters. The molecule has 0 N–H and O–H groups in total. The Kier molecular flexibility index (Phi) is 5.20. The molecule has 5 rings (SSSR count). The van der Waals surface area contributed by atoms with E-state index in [0.29, 0.717) is 19.5 Å². The van der Waals surface area contributed by atoms with Crippen LogP contribution in [0.15, 0.2) is 42.5 Å². The lowest BCUT2D eigenvalue weighted by Crippen LogP contribution is -2.49. The number of sulfone groups is 1. The standard InChI is InChI=1S/C24H28N4O3S/c1-17-23(18(2)28(25-17)22-9-14-32(30,31)16-22)26-10-12-27(13-11-26)24(29)21-8-7-19-5-3-4-6-20(19)15-21/h3-8,15,22H,9-14,16H2,1-2H3. The minimum Gasteiger partial charge on any atom is -0.365 e. The van der Waals surface area contributed by atoms with Crippen molar-refractivity contribution in [1.29, 1.82) is 0 Å². The molecule has 7 nitrogen and oxygen atoms in total. The van der Waals surface area contributed by atoms with Gasteiger partial charge in [-0.25, -0.2) is 8.42 Å². The summed E-state index contributed by atoms with van der Waals surface area (Å²) in [5, 5.41) is 6.90. The fourth-order valence-electron chi connectivity index (χ4n) is 5.07. The van der Waals surface area contributed by atoms with E-state index in [1.165, 1.54) is 0 Å². The summed E-state index contributed by atoms with van der Waals surface area (Å²) in [6.45, 7) is 6.76. The number of nitrogens with zero attached hydrogens (tertiary/aromatic N) is 4. The van der Waals surface area contributed by atoms with Crippen LogP contribution in [0.3, 0.4) is 0 Å². The Balaban J connectivity index is 1.30. The lowest BCUT2D eigenvalue weighted by atomic mass is 10.1. The van der Waals surface area contributed by atoms with Crippen molar-refractivity contribution in [3.05, 3.63) is 59.4 Å². The van der Waals surface area contributed by atoms with E-state index in [9.17, 15) is 13.2 Å². The SMILES string of the molecule is Cc1nn(C2CCS(=O)(=O)C2)c(C)c1N1CCN(C(=O)c2ccc3ccccc3c2)CC1. The largest absolute Gasteiger partial charge is 0.365 e. The molecule has 2 saturated heterocycles. The Morgan fingerprint density at radius 1 is 1.00 bits per heavy atom. The van der Waals surface area contributed by atoms with Gasteiger partial charge in [0.25, 0.3) is 5.91 Å². The number of anilines is 1. The molecular formula is C24H28N4O3S. The summed E-state index contributed by atoms with van der Waals surface area (Å²) in [5.41, 5.74) is 3.73. The van der Waals surface area contributed by atoms with Gasteiger partial charge in [-0.05, 0) is 43.2 Å². The van der Waals surface area contributed by atoms with Gasteiger partial charge in [0.2, 0.25) is 0 Å². The summed E-state index contributed by atoms with van der Waals surface area (Å²) in [5.74, 6) is 0.472. The minimum atomic E-state index is -2.96. The lowest BCUT2D eigenvalue weighted by molar-refractivity contribution is 0.0747. The third-order valence-electron chi connectivity index (χ3n) is 6.72. The molecule has 0 radical (unpaired) electrons. The number of benzene rings is 2. The van der Waals surface area contributed by atoms with Crippen molar-refractivity contribution < 1.29 is 13.2 Å². The molecule has 2 aliphatic heterocycles. The Morgan fingerprint density at radius 3 is 2.41 bits per heavy atom. The van der Waals surface area contributed by atoms with E-state index in [1.54, 1.807) is 0 Å². The summed E-state index contributed by atoms with van der Waals surface area (Å²) < 4.78 is 25.7. The van der Waals surface area contributed by atoms with Gasteiger partial charge in [0, 0.05) is 31.7 Å². The maximum absolute atomic E-state index is 13.1. The zero-order chi connectivity index (χ0) is 22.5. The number of aryl methyl sites for hydroxylation is 1. The van der Waals surface area contributed by atoms with Crippen molar-refractivity contribution in [2.75, 3.05) is 42.6 Å². The highest BCUT2D eigenvalue weighted by molar-refractivity contribution is 7.91. The molecule has 1 aromatic heterocycles. The van der Waals surface area contributed by atoms with Gasteiger partial charge in [-0.1, -0.05) is 30.3 Å². The molecule has 1 unspecified atom stereocenters. The summed E-state index contributed by atoms with van der Waals surface area (Å²) in [6, 6.07) is 13.9. The molecule has 3 heterocycles. The quantitative estimate of drug-likeness (QED) is 0.611. The topological polar surface area (TPSA) is 75.5 Å². The summed E-state index contributed by atoms with van der Waals surface area (Å²) in [7, 11) is -2.96. The van der Waals surface area contributed by atoms with E-state index in [0.717, 1.165) is 46.5 Å². The number of aromatic nitrogens is 2. The Hall–Kier alpha value is -2.87. The van der Waals surface area contributed by atoms with Crippen molar-refractivity contribution in [3.8, 4) is 0 Å². The number of piperazine rings is 1. The van der Waals surface area contributed by atoms with Crippen molar-refractivity contribution in [3.63, 3.8) is 0 Å². The number of carbonyl (C=O) groups is 1. The van der Waals surface area contributed by atoms with Crippen LogP contribution in [-0.4, -0.2) is 66.7 Å². The van der Waals surface area contributed by atoms with Gasteiger partial charge in [0.15, 0.2) is 9.84 Å². The minimum absolute atomic E-state index is 0.0655. The Labute approximate surface area is 188 Å². The van der Waals surface area contributed by atoms with Gasteiger partial charge in [0.05, 0.1) is 34.6 Å². The molecule has 0 spiro atoms. The zero-order valence-corrected chi connectivity index (χ0v) is 19.3.